The highest BCUT2D eigenvalue weighted by molar-refractivity contribution is 7.14. The molecule has 0 aliphatic rings. The van der Waals surface area contributed by atoms with Crippen LogP contribution in [0.1, 0.15) is 11.1 Å². The van der Waals surface area contributed by atoms with Crippen molar-refractivity contribution in [1.29, 1.82) is 0 Å². The number of hydrazone groups is 1. The van der Waals surface area contributed by atoms with Crippen molar-refractivity contribution >= 4 is 22.7 Å². The summed E-state index contributed by atoms with van der Waals surface area (Å²) in [5.74, 6) is 0.885. The van der Waals surface area contributed by atoms with E-state index in [1.54, 1.807) is 13.3 Å². The van der Waals surface area contributed by atoms with E-state index in [2.05, 4.69) is 26.5 Å². The highest BCUT2D eigenvalue weighted by Gasteiger charge is 2.05. The summed E-state index contributed by atoms with van der Waals surface area (Å²) in [6.45, 7) is 0.811. The van der Waals surface area contributed by atoms with Crippen molar-refractivity contribution in [2.45, 2.75) is 6.54 Å². The molecule has 0 unspecified atom stereocenters. The Balaban J connectivity index is 1.68. The first kappa shape index (κ1) is 18.1. The summed E-state index contributed by atoms with van der Waals surface area (Å²) in [6, 6.07) is 16.2. The van der Waals surface area contributed by atoms with E-state index in [1.165, 1.54) is 11.3 Å². The molecule has 0 amide bonds. The van der Waals surface area contributed by atoms with Crippen molar-refractivity contribution in [3.05, 3.63) is 65.0 Å². The van der Waals surface area contributed by atoms with Crippen molar-refractivity contribution in [2.24, 2.45) is 5.10 Å². The lowest BCUT2D eigenvalue weighted by Gasteiger charge is -2.13. The van der Waals surface area contributed by atoms with Crippen molar-refractivity contribution < 1.29 is 4.74 Å². The molecule has 0 saturated heterocycles. The van der Waals surface area contributed by atoms with Crippen LogP contribution in [0.4, 0.5) is 5.13 Å². The normalized spacial score (nSPS) is 11.2. The van der Waals surface area contributed by atoms with Gasteiger partial charge in [0.05, 0.1) is 19.0 Å². The molecule has 134 valence electrons. The molecule has 26 heavy (non-hydrogen) atoms. The Morgan fingerprint density at radius 3 is 2.73 bits per heavy atom. The third-order valence-electron chi connectivity index (χ3n) is 3.74. The Bertz CT molecular complexity index is 875. The first-order valence-corrected chi connectivity index (χ1v) is 9.15. The molecule has 6 heteroatoms. The molecule has 0 radical (unpaired) electrons. The molecular weight excluding hydrogens is 344 g/mol. The number of thiazole rings is 1. The van der Waals surface area contributed by atoms with Gasteiger partial charge in [-0.15, -0.1) is 11.3 Å². The molecule has 2 aromatic carbocycles. The number of nitrogens with zero attached hydrogens (tertiary/aromatic N) is 3. The van der Waals surface area contributed by atoms with Crippen molar-refractivity contribution in [3.8, 4) is 17.0 Å². The van der Waals surface area contributed by atoms with Crippen LogP contribution in [0.5, 0.6) is 5.75 Å². The number of aromatic nitrogens is 1. The molecule has 1 aromatic heterocycles. The minimum atomic E-state index is 0.766. The molecule has 3 aromatic rings. The van der Waals surface area contributed by atoms with E-state index in [0.29, 0.717) is 0 Å². The molecule has 0 bridgehead atoms. The quantitative estimate of drug-likeness (QED) is 0.500. The Kier molecular flexibility index (Phi) is 5.99. The summed E-state index contributed by atoms with van der Waals surface area (Å²) >= 11 is 1.53. The topological polar surface area (TPSA) is 49.8 Å². The standard InChI is InChI=1S/C20H22N4OS/c1-24(2)13-17-11-15(9-10-19(17)25-3)12-21-23-20-22-18(14-26-20)16-7-5-4-6-8-16/h4-12,14H,13H2,1-3H3,(H,22,23). The smallest absolute Gasteiger partial charge is 0.203 e. The van der Waals surface area contributed by atoms with E-state index < -0.39 is 0 Å². The van der Waals surface area contributed by atoms with Gasteiger partial charge in [-0.3, -0.25) is 5.43 Å². The van der Waals surface area contributed by atoms with E-state index in [1.807, 2.05) is 61.9 Å². The van der Waals surface area contributed by atoms with Crippen LogP contribution in [0.3, 0.4) is 0 Å². The molecule has 5 nitrogen and oxygen atoms in total. The summed E-state index contributed by atoms with van der Waals surface area (Å²) in [5.41, 5.74) is 7.19. The lowest BCUT2D eigenvalue weighted by atomic mass is 10.1. The number of hydrogen-bond acceptors (Lipinski definition) is 6. The summed E-state index contributed by atoms with van der Waals surface area (Å²) < 4.78 is 5.42. The highest BCUT2D eigenvalue weighted by Crippen LogP contribution is 2.24. The Morgan fingerprint density at radius 2 is 2.00 bits per heavy atom. The van der Waals surface area contributed by atoms with Crippen molar-refractivity contribution in [3.63, 3.8) is 0 Å². The number of ether oxygens (including phenoxy) is 1. The molecule has 1 N–H and O–H groups in total. The van der Waals surface area contributed by atoms with Crippen LogP contribution in [-0.4, -0.2) is 37.3 Å². The zero-order valence-electron chi connectivity index (χ0n) is 15.1. The maximum absolute atomic E-state index is 5.42. The lowest BCUT2D eigenvalue weighted by molar-refractivity contribution is 0.372. The largest absolute Gasteiger partial charge is 0.496 e. The van der Waals surface area contributed by atoms with Gasteiger partial charge in [-0.1, -0.05) is 30.3 Å². The zero-order valence-corrected chi connectivity index (χ0v) is 16.0. The molecule has 0 saturated carbocycles. The van der Waals surface area contributed by atoms with Gasteiger partial charge in [0.15, 0.2) is 0 Å². The number of hydrogen-bond donors (Lipinski definition) is 1. The summed E-state index contributed by atoms with van der Waals surface area (Å²) in [5, 5.41) is 7.10. The molecular formula is C20H22N4OS. The van der Waals surface area contributed by atoms with Crippen LogP contribution in [0.15, 0.2) is 59.0 Å². The van der Waals surface area contributed by atoms with Crippen LogP contribution < -0.4 is 10.2 Å². The zero-order chi connectivity index (χ0) is 18.4. The highest BCUT2D eigenvalue weighted by atomic mass is 32.1. The van der Waals surface area contributed by atoms with Gasteiger partial charge in [-0.05, 0) is 37.9 Å². The molecule has 0 aliphatic carbocycles. The van der Waals surface area contributed by atoms with Gasteiger partial charge in [0.25, 0.3) is 0 Å². The minimum absolute atomic E-state index is 0.766. The van der Waals surface area contributed by atoms with Crippen LogP contribution in [0.25, 0.3) is 11.3 Å². The van der Waals surface area contributed by atoms with Crippen LogP contribution in [-0.2, 0) is 6.54 Å². The van der Waals surface area contributed by atoms with Gasteiger partial charge in [-0.25, -0.2) is 4.98 Å². The monoisotopic (exact) mass is 366 g/mol. The average Bonchev–Trinajstić information content (AvgIpc) is 3.11. The average molecular weight is 366 g/mol. The lowest BCUT2D eigenvalue weighted by Crippen LogP contribution is -2.11. The second-order valence-electron chi connectivity index (χ2n) is 6.08. The van der Waals surface area contributed by atoms with Gasteiger partial charge >= 0.3 is 0 Å². The summed E-state index contributed by atoms with van der Waals surface area (Å²) in [7, 11) is 5.76. The fraction of sp³-hybridized carbons (Fsp3) is 0.200. The predicted molar refractivity (Wildman–Crippen MR) is 109 cm³/mol. The van der Waals surface area contributed by atoms with Gasteiger partial charge in [0.2, 0.25) is 5.13 Å². The third-order valence-corrected chi connectivity index (χ3v) is 4.49. The molecule has 3 rings (SSSR count). The summed E-state index contributed by atoms with van der Waals surface area (Å²) in [6.07, 6.45) is 1.79. The fourth-order valence-corrected chi connectivity index (χ4v) is 3.24. The third kappa shape index (κ3) is 4.68. The maximum Gasteiger partial charge on any atom is 0.203 e. The Morgan fingerprint density at radius 1 is 1.19 bits per heavy atom. The predicted octanol–water partition coefficient (Wildman–Crippen LogP) is 4.33. The number of nitrogens with one attached hydrogen (secondary N) is 1. The van der Waals surface area contributed by atoms with E-state index in [-0.39, 0.29) is 0 Å². The van der Waals surface area contributed by atoms with Gasteiger partial charge in [0, 0.05) is 23.1 Å². The number of rotatable bonds is 7. The van der Waals surface area contributed by atoms with E-state index in [9.17, 15) is 0 Å². The van der Waals surface area contributed by atoms with E-state index >= 15 is 0 Å². The van der Waals surface area contributed by atoms with E-state index in [0.717, 1.165) is 39.8 Å². The first-order chi connectivity index (χ1) is 12.7. The number of benzene rings is 2. The Hall–Kier alpha value is -2.70. The van der Waals surface area contributed by atoms with Gasteiger partial charge in [0.1, 0.15) is 5.75 Å². The van der Waals surface area contributed by atoms with Crippen molar-refractivity contribution in [2.75, 3.05) is 26.6 Å². The number of methoxy groups -OCH3 is 1. The molecule has 0 aliphatic heterocycles. The van der Waals surface area contributed by atoms with Crippen LogP contribution >= 0.6 is 11.3 Å². The second kappa shape index (κ2) is 8.60. The SMILES string of the molecule is COc1ccc(C=NNc2nc(-c3ccccc3)cs2)cc1CN(C)C. The van der Waals surface area contributed by atoms with Crippen LogP contribution in [0, 0.1) is 0 Å². The maximum atomic E-state index is 5.42. The van der Waals surface area contributed by atoms with Crippen molar-refractivity contribution in [1.82, 2.24) is 9.88 Å². The first-order valence-electron chi connectivity index (χ1n) is 8.27. The molecule has 0 fully saturated rings. The van der Waals surface area contributed by atoms with Gasteiger partial charge in [-0.2, -0.15) is 5.10 Å². The van der Waals surface area contributed by atoms with E-state index in [4.69, 9.17) is 4.74 Å². The molecule has 0 atom stereocenters. The number of anilines is 1. The Labute approximate surface area is 158 Å². The molecule has 0 spiro atoms. The summed E-state index contributed by atoms with van der Waals surface area (Å²) in [4.78, 5) is 6.67. The minimum Gasteiger partial charge on any atom is -0.496 e. The fourth-order valence-electron chi connectivity index (χ4n) is 2.57. The van der Waals surface area contributed by atoms with Crippen LogP contribution in [0.2, 0.25) is 0 Å². The second-order valence-corrected chi connectivity index (χ2v) is 6.94. The molecule has 1 heterocycles. The van der Waals surface area contributed by atoms with Gasteiger partial charge < -0.3 is 9.64 Å².